The third-order valence-electron chi connectivity index (χ3n) is 3.25. The van der Waals surface area contributed by atoms with Crippen LogP contribution in [0.3, 0.4) is 0 Å². The maximum atomic E-state index is 11.8. The van der Waals surface area contributed by atoms with Gasteiger partial charge in [-0.3, -0.25) is 9.79 Å². The molecule has 0 atom stereocenters. The van der Waals surface area contributed by atoms with Gasteiger partial charge in [-0.2, -0.15) is 0 Å². The van der Waals surface area contributed by atoms with E-state index >= 15 is 0 Å². The molecular formula is C17H28N4O3. The topological polar surface area (TPSA) is 84.0 Å². The first-order chi connectivity index (χ1) is 11.3. The van der Waals surface area contributed by atoms with E-state index in [0.717, 1.165) is 5.69 Å². The Morgan fingerprint density at radius 2 is 1.71 bits per heavy atom. The van der Waals surface area contributed by atoms with E-state index in [2.05, 4.69) is 20.9 Å². The van der Waals surface area contributed by atoms with Gasteiger partial charge in [-0.25, -0.2) is 0 Å². The molecule has 0 spiro atoms. The molecule has 7 nitrogen and oxygen atoms in total. The van der Waals surface area contributed by atoms with E-state index in [1.807, 2.05) is 39.0 Å². The average Bonchev–Trinajstić information content (AvgIpc) is 2.56. The number of guanidine groups is 1. The summed E-state index contributed by atoms with van der Waals surface area (Å²) in [6, 6.07) is 5.51. The van der Waals surface area contributed by atoms with Crippen molar-refractivity contribution in [2.24, 2.45) is 10.4 Å². The first-order valence-electron chi connectivity index (χ1n) is 7.79. The summed E-state index contributed by atoms with van der Waals surface area (Å²) in [6.45, 7) is 6.73. The summed E-state index contributed by atoms with van der Waals surface area (Å²) >= 11 is 0. The molecule has 0 aliphatic heterocycles. The van der Waals surface area contributed by atoms with Gasteiger partial charge in [-0.15, -0.1) is 0 Å². The van der Waals surface area contributed by atoms with Gasteiger partial charge >= 0.3 is 0 Å². The summed E-state index contributed by atoms with van der Waals surface area (Å²) in [5.41, 5.74) is 0.430. The second-order valence-corrected chi connectivity index (χ2v) is 6.20. The molecule has 1 amide bonds. The molecular weight excluding hydrogens is 308 g/mol. The number of methoxy groups -OCH3 is 2. The average molecular weight is 336 g/mol. The van der Waals surface area contributed by atoms with Gasteiger partial charge < -0.3 is 25.4 Å². The van der Waals surface area contributed by atoms with Crippen LogP contribution in [0.4, 0.5) is 5.69 Å². The lowest BCUT2D eigenvalue weighted by molar-refractivity contribution is -0.128. The smallest absolute Gasteiger partial charge is 0.225 e. The highest BCUT2D eigenvalue weighted by Gasteiger charge is 2.20. The molecule has 1 aromatic rings. The maximum absolute atomic E-state index is 11.8. The number of rotatable bonds is 6. The molecule has 0 radical (unpaired) electrons. The van der Waals surface area contributed by atoms with Gasteiger partial charge in [0.15, 0.2) is 17.5 Å². The number of aliphatic imine (C=N–C) groups is 1. The highest BCUT2D eigenvalue weighted by atomic mass is 16.5. The third-order valence-corrected chi connectivity index (χ3v) is 3.25. The molecule has 0 fully saturated rings. The number of benzene rings is 1. The Morgan fingerprint density at radius 3 is 2.25 bits per heavy atom. The van der Waals surface area contributed by atoms with Crippen LogP contribution in [-0.4, -0.2) is 46.2 Å². The predicted octanol–water partition coefficient (Wildman–Crippen LogP) is 1.85. The van der Waals surface area contributed by atoms with Gasteiger partial charge in [0.2, 0.25) is 5.91 Å². The van der Waals surface area contributed by atoms with Crippen LogP contribution in [0.25, 0.3) is 0 Å². The lowest BCUT2D eigenvalue weighted by atomic mass is 9.96. The highest BCUT2D eigenvalue weighted by molar-refractivity contribution is 5.93. The molecule has 0 saturated heterocycles. The summed E-state index contributed by atoms with van der Waals surface area (Å²) in [7, 11) is 4.87. The van der Waals surface area contributed by atoms with Crippen molar-refractivity contribution in [3.63, 3.8) is 0 Å². The van der Waals surface area contributed by atoms with Crippen molar-refractivity contribution in [1.82, 2.24) is 10.6 Å². The largest absolute Gasteiger partial charge is 0.493 e. The highest BCUT2D eigenvalue weighted by Crippen LogP contribution is 2.29. The Kier molecular flexibility index (Phi) is 7.35. The van der Waals surface area contributed by atoms with E-state index in [0.29, 0.717) is 30.5 Å². The minimum absolute atomic E-state index is 0.0205. The Hall–Kier alpha value is -2.44. The fraction of sp³-hybridized carbons (Fsp3) is 0.529. The fourth-order valence-electron chi connectivity index (χ4n) is 1.85. The SMILES string of the molecule is CN=C(NCCNC(=O)C(C)(C)C)Nc1ccc(OC)c(OC)c1. The zero-order chi connectivity index (χ0) is 18.2. The number of carbonyl (C=O) groups excluding carboxylic acids is 1. The second kappa shape index (κ2) is 9.00. The van der Waals surface area contributed by atoms with Crippen molar-refractivity contribution in [3.05, 3.63) is 18.2 Å². The number of hydrogen-bond donors (Lipinski definition) is 3. The van der Waals surface area contributed by atoms with E-state index < -0.39 is 0 Å². The molecule has 1 rings (SSSR count). The van der Waals surface area contributed by atoms with Crippen molar-refractivity contribution in [2.75, 3.05) is 39.7 Å². The number of ether oxygens (including phenoxy) is 2. The summed E-state index contributed by atoms with van der Waals surface area (Å²) in [5.74, 6) is 1.92. The molecule has 24 heavy (non-hydrogen) atoms. The number of anilines is 1. The van der Waals surface area contributed by atoms with Crippen LogP contribution in [0.15, 0.2) is 23.2 Å². The number of nitrogens with zero attached hydrogens (tertiary/aromatic N) is 1. The first kappa shape index (κ1) is 19.6. The number of carbonyl (C=O) groups is 1. The van der Waals surface area contributed by atoms with Gasteiger partial charge in [0.25, 0.3) is 0 Å². The summed E-state index contributed by atoms with van der Waals surface area (Å²) < 4.78 is 10.5. The van der Waals surface area contributed by atoms with E-state index in [4.69, 9.17) is 9.47 Å². The van der Waals surface area contributed by atoms with E-state index in [9.17, 15) is 4.79 Å². The molecule has 7 heteroatoms. The fourth-order valence-corrected chi connectivity index (χ4v) is 1.85. The quantitative estimate of drug-likeness (QED) is 0.419. The molecule has 134 valence electrons. The Balaban J connectivity index is 2.53. The van der Waals surface area contributed by atoms with Crippen molar-refractivity contribution in [2.45, 2.75) is 20.8 Å². The van der Waals surface area contributed by atoms with Crippen molar-refractivity contribution in [3.8, 4) is 11.5 Å². The van der Waals surface area contributed by atoms with Crippen LogP contribution in [0.2, 0.25) is 0 Å². The minimum atomic E-state index is -0.389. The third kappa shape index (κ3) is 5.98. The molecule has 0 aromatic heterocycles. The molecule has 0 unspecified atom stereocenters. The molecule has 0 aliphatic rings. The van der Waals surface area contributed by atoms with Gasteiger partial charge in [0.1, 0.15) is 0 Å². The molecule has 1 aromatic carbocycles. The lowest BCUT2D eigenvalue weighted by Crippen LogP contribution is -2.41. The standard InChI is InChI=1S/C17H28N4O3/c1-17(2,3)15(22)19-9-10-20-16(18-4)21-12-7-8-13(23-5)14(11-12)24-6/h7-8,11H,9-10H2,1-6H3,(H,19,22)(H2,18,20,21). The minimum Gasteiger partial charge on any atom is -0.493 e. The van der Waals surface area contributed by atoms with Gasteiger partial charge in [-0.05, 0) is 12.1 Å². The van der Waals surface area contributed by atoms with Crippen LogP contribution in [0.5, 0.6) is 11.5 Å². The van der Waals surface area contributed by atoms with Crippen molar-refractivity contribution < 1.29 is 14.3 Å². The predicted molar refractivity (Wildman–Crippen MR) is 97.0 cm³/mol. The van der Waals surface area contributed by atoms with Crippen LogP contribution >= 0.6 is 0 Å². The van der Waals surface area contributed by atoms with Crippen LogP contribution in [0.1, 0.15) is 20.8 Å². The van der Waals surface area contributed by atoms with Crippen molar-refractivity contribution in [1.29, 1.82) is 0 Å². The van der Waals surface area contributed by atoms with Gasteiger partial charge in [0, 0.05) is 37.3 Å². The Labute approximate surface area is 143 Å². The lowest BCUT2D eigenvalue weighted by Gasteiger charge is -2.18. The van der Waals surface area contributed by atoms with E-state index in [1.54, 1.807) is 21.3 Å². The van der Waals surface area contributed by atoms with Crippen LogP contribution in [0, 0.1) is 5.41 Å². The molecule has 0 saturated carbocycles. The zero-order valence-corrected chi connectivity index (χ0v) is 15.3. The zero-order valence-electron chi connectivity index (χ0n) is 15.3. The second-order valence-electron chi connectivity index (χ2n) is 6.20. The van der Waals surface area contributed by atoms with Crippen LogP contribution in [-0.2, 0) is 4.79 Å². The molecule has 3 N–H and O–H groups in total. The van der Waals surface area contributed by atoms with Crippen molar-refractivity contribution >= 4 is 17.6 Å². The van der Waals surface area contributed by atoms with E-state index in [1.165, 1.54) is 0 Å². The van der Waals surface area contributed by atoms with Gasteiger partial charge in [0.05, 0.1) is 14.2 Å². The maximum Gasteiger partial charge on any atom is 0.225 e. The monoisotopic (exact) mass is 336 g/mol. The van der Waals surface area contributed by atoms with Gasteiger partial charge in [-0.1, -0.05) is 20.8 Å². The number of amides is 1. The normalized spacial score (nSPS) is 11.7. The molecule has 0 bridgehead atoms. The molecule has 0 heterocycles. The summed E-state index contributed by atoms with van der Waals surface area (Å²) in [5, 5.41) is 9.19. The first-order valence-corrected chi connectivity index (χ1v) is 7.79. The summed E-state index contributed by atoms with van der Waals surface area (Å²) in [4.78, 5) is 15.9. The van der Waals surface area contributed by atoms with Crippen LogP contribution < -0.4 is 25.4 Å². The number of hydrogen-bond acceptors (Lipinski definition) is 4. The Bertz CT molecular complexity index is 580. The Morgan fingerprint density at radius 1 is 1.08 bits per heavy atom. The number of nitrogens with one attached hydrogen (secondary N) is 3. The summed E-state index contributed by atoms with van der Waals surface area (Å²) in [6.07, 6.45) is 0. The molecule has 0 aliphatic carbocycles. The van der Waals surface area contributed by atoms with E-state index in [-0.39, 0.29) is 11.3 Å².